The normalized spacial score (nSPS) is 19.2. The van der Waals surface area contributed by atoms with E-state index >= 15 is 0 Å². The molecular formula is C52H116N4O2. The van der Waals surface area contributed by atoms with Gasteiger partial charge in [-0.15, -0.1) is 0 Å². The van der Waals surface area contributed by atoms with Gasteiger partial charge in [-0.05, 0) is 106 Å². The number of hydrogen-bond acceptors (Lipinski definition) is 5. The molecule has 58 heavy (non-hydrogen) atoms. The van der Waals surface area contributed by atoms with Gasteiger partial charge < -0.3 is 19.9 Å². The Morgan fingerprint density at radius 2 is 0.948 bits per heavy atom. The monoisotopic (exact) mass is 829 g/mol. The van der Waals surface area contributed by atoms with Gasteiger partial charge >= 0.3 is 0 Å². The Kier molecular flexibility index (Phi) is 50.8. The molecule has 1 N–H and O–H groups in total. The molecule has 4 saturated heterocycles. The summed E-state index contributed by atoms with van der Waals surface area (Å²) in [7, 11) is 0. The maximum Gasteiger partial charge on any atom is 0.220 e. The van der Waals surface area contributed by atoms with Crippen LogP contribution in [0.2, 0.25) is 0 Å². The highest BCUT2D eigenvalue weighted by atomic mass is 16.5. The molecule has 4 aliphatic heterocycles. The predicted octanol–water partition coefficient (Wildman–Crippen LogP) is 14.5. The molecule has 1 saturated carbocycles. The Morgan fingerprint density at radius 3 is 1.22 bits per heavy atom. The van der Waals surface area contributed by atoms with Crippen molar-refractivity contribution in [3.63, 3.8) is 0 Å². The second-order valence-electron chi connectivity index (χ2n) is 19.2. The summed E-state index contributed by atoms with van der Waals surface area (Å²) < 4.78 is 5.27. The zero-order chi connectivity index (χ0) is 46.2. The van der Waals surface area contributed by atoms with Gasteiger partial charge in [-0.3, -0.25) is 9.69 Å². The van der Waals surface area contributed by atoms with E-state index in [0.29, 0.717) is 16.9 Å². The third-order valence-corrected chi connectivity index (χ3v) is 9.14. The Bertz CT molecular complexity index is 780. The third kappa shape index (κ3) is 51.5. The van der Waals surface area contributed by atoms with Gasteiger partial charge in [0.1, 0.15) is 0 Å². The van der Waals surface area contributed by atoms with E-state index in [2.05, 4.69) is 103 Å². The Hall–Kier alpha value is -0.690. The molecule has 5 fully saturated rings. The average Bonchev–Trinajstić information content (AvgIpc) is 3.66. The second kappa shape index (κ2) is 44.4. The summed E-state index contributed by atoms with van der Waals surface area (Å²) in [4.78, 5) is 18.5. The van der Waals surface area contributed by atoms with Crippen molar-refractivity contribution in [2.75, 3.05) is 72.1 Å². The SMILES string of the molecule is CC.CC.CC.CC.CC.CC(C)(C)CC1CCC(=O)N1.CC(C)(C)CN1CCOCC1.CC(C)CC1CC1.CC(C)CN1CCCC1.CC(C)CN1CCCCC1. The van der Waals surface area contributed by atoms with Crippen molar-refractivity contribution in [3.8, 4) is 0 Å². The van der Waals surface area contributed by atoms with Crippen LogP contribution in [0, 0.1) is 34.5 Å². The van der Waals surface area contributed by atoms with Gasteiger partial charge in [-0.25, -0.2) is 0 Å². The molecule has 4 heterocycles. The van der Waals surface area contributed by atoms with E-state index in [1.54, 1.807) is 0 Å². The number of nitrogens with zero attached hydrogens (tertiary/aromatic N) is 3. The van der Waals surface area contributed by atoms with Crippen molar-refractivity contribution in [1.82, 2.24) is 20.0 Å². The molecule has 1 aliphatic carbocycles. The molecule has 1 unspecified atom stereocenters. The zero-order valence-corrected chi connectivity index (χ0v) is 44.6. The van der Waals surface area contributed by atoms with Gasteiger partial charge in [0.25, 0.3) is 0 Å². The Morgan fingerprint density at radius 1 is 0.552 bits per heavy atom. The van der Waals surface area contributed by atoms with Crippen molar-refractivity contribution in [3.05, 3.63) is 0 Å². The standard InChI is InChI=1S/C9H19NO.C9H17NO.C9H19N.C8H17N.C7H14.5C2H6/c1-9(2,3)8-10-4-6-11-7-5-10;1-9(2,3)6-7-4-5-8(11)10-7;1-9(2)8-10-6-4-3-5-7-10;1-8(2)7-9-5-3-4-6-9;1-6(2)5-7-3-4-7;5*1-2/h4-8H2,1-3H3;7H,4-6H2,1-3H3,(H,10,11);9H,3-8H2,1-2H3;8H,3-7H2,1-2H3;6-7H,3-5H2,1-2H3;5*1-2H3. The van der Waals surface area contributed by atoms with E-state index in [4.69, 9.17) is 4.74 Å². The van der Waals surface area contributed by atoms with Crippen molar-refractivity contribution >= 4 is 5.91 Å². The van der Waals surface area contributed by atoms with Gasteiger partial charge in [0.05, 0.1) is 13.2 Å². The molecule has 1 atom stereocenters. The predicted molar refractivity (Wildman–Crippen MR) is 267 cm³/mol. The lowest BCUT2D eigenvalue weighted by Gasteiger charge is -2.32. The molecule has 6 heteroatoms. The van der Waals surface area contributed by atoms with E-state index in [1.807, 2.05) is 69.2 Å². The Labute approximate surface area is 369 Å². The summed E-state index contributed by atoms with van der Waals surface area (Å²) >= 11 is 0. The molecule has 0 spiro atoms. The van der Waals surface area contributed by atoms with E-state index < -0.39 is 0 Å². The molecule has 0 aromatic rings. The number of carbonyl (C=O) groups is 1. The summed E-state index contributed by atoms with van der Waals surface area (Å²) in [6, 6.07) is 0.433. The average molecular weight is 830 g/mol. The van der Waals surface area contributed by atoms with Crippen LogP contribution < -0.4 is 5.32 Å². The van der Waals surface area contributed by atoms with Crippen molar-refractivity contribution in [2.45, 2.75) is 229 Å². The summed E-state index contributed by atoms with van der Waals surface area (Å²) in [5, 5.41) is 2.97. The van der Waals surface area contributed by atoms with Crippen LogP contribution in [-0.2, 0) is 9.53 Å². The molecular weight excluding hydrogens is 713 g/mol. The number of nitrogens with one attached hydrogen (secondary N) is 1. The van der Waals surface area contributed by atoms with E-state index in [1.165, 1.54) is 97.2 Å². The van der Waals surface area contributed by atoms with Crippen LogP contribution in [0.3, 0.4) is 0 Å². The molecule has 0 radical (unpaired) electrons. The van der Waals surface area contributed by atoms with Gasteiger partial charge in [0.15, 0.2) is 0 Å². The van der Waals surface area contributed by atoms with Crippen molar-refractivity contribution < 1.29 is 9.53 Å². The highest BCUT2D eigenvalue weighted by molar-refractivity contribution is 5.78. The number of amides is 1. The number of ether oxygens (including phenoxy) is 1. The van der Waals surface area contributed by atoms with Crippen molar-refractivity contribution in [1.29, 1.82) is 0 Å². The van der Waals surface area contributed by atoms with Crippen LogP contribution in [0.1, 0.15) is 223 Å². The summed E-state index contributed by atoms with van der Waals surface area (Å²) in [5.41, 5.74) is 0.764. The minimum Gasteiger partial charge on any atom is -0.379 e. The van der Waals surface area contributed by atoms with Crippen LogP contribution in [-0.4, -0.2) is 98.8 Å². The Balaban J connectivity index is -0.000000192. The summed E-state index contributed by atoms with van der Waals surface area (Å²) in [6.07, 6.45) is 14.5. The fraction of sp³-hybridized carbons (Fsp3) is 0.981. The first-order chi connectivity index (χ1) is 27.4. The second-order valence-corrected chi connectivity index (χ2v) is 19.2. The van der Waals surface area contributed by atoms with Gasteiger partial charge in [-0.2, -0.15) is 0 Å². The molecule has 1 amide bonds. The van der Waals surface area contributed by atoms with Gasteiger partial charge in [-0.1, -0.05) is 172 Å². The largest absolute Gasteiger partial charge is 0.379 e. The molecule has 356 valence electrons. The number of carbonyl (C=O) groups excluding carboxylic acids is 1. The molecule has 5 aliphatic rings. The molecule has 0 aromatic carbocycles. The van der Waals surface area contributed by atoms with Crippen LogP contribution in [0.15, 0.2) is 0 Å². The lowest BCUT2D eigenvalue weighted by atomic mass is 9.88. The molecule has 0 bridgehead atoms. The smallest absolute Gasteiger partial charge is 0.220 e. The fourth-order valence-corrected chi connectivity index (χ4v) is 7.16. The highest BCUT2D eigenvalue weighted by Gasteiger charge is 2.25. The minimum absolute atomic E-state index is 0.222. The maximum absolute atomic E-state index is 10.8. The number of hydrogen-bond donors (Lipinski definition) is 1. The lowest BCUT2D eigenvalue weighted by Crippen LogP contribution is -2.41. The fourth-order valence-electron chi connectivity index (χ4n) is 7.16. The van der Waals surface area contributed by atoms with Crippen molar-refractivity contribution in [2.24, 2.45) is 34.5 Å². The lowest BCUT2D eigenvalue weighted by molar-refractivity contribution is -0.119. The highest BCUT2D eigenvalue weighted by Crippen LogP contribution is 2.34. The zero-order valence-electron chi connectivity index (χ0n) is 44.6. The summed E-state index contributed by atoms with van der Waals surface area (Å²) in [6.45, 7) is 60.5. The van der Waals surface area contributed by atoms with Crippen LogP contribution >= 0.6 is 0 Å². The number of morpholine rings is 1. The van der Waals surface area contributed by atoms with E-state index in [0.717, 1.165) is 69.2 Å². The number of piperidine rings is 1. The van der Waals surface area contributed by atoms with E-state index in [-0.39, 0.29) is 5.91 Å². The van der Waals surface area contributed by atoms with Gasteiger partial charge in [0.2, 0.25) is 5.91 Å². The minimum atomic E-state index is 0.222. The van der Waals surface area contributed by atoms with Crippen LogP contribution in [0.25, 0.3) is 0 Å². The molecule has 5 rings (SSSR count). The molecule has 0 aromatic heterocycles. The topological polar surface area (TPSA) is 48.1 Å². The van der Waals surface area contributed by atoms with Crippen LogP contribution in [0.4, 0.5) is 0 Å². The number of likely N-dealkylation sites (tertiary alicyclic amines) is 2. The maximum atomic E-state index is 10.8. The quantitative estimate of drug-likeness (QED) is 0.264. The third-order valence-electron chi connectivity index (χ3n) is 9.14. The molecule has 6 nitrogen and oxygen atoms in total. The van der Waals surface area contributed by atoms with Gasteiger partial charge in [0, 0.05) is 45.2 Å². The summed E-state index contributed by atoms with van der Waals surface area (Å²) in [5.74, 6) is 3.98. The first-order valence-corrected chi connectivity index (χ1v) is 25.5. The first-order valence-electron chi connectivity index (χ1n) is 25.5. The number of rotatable bonds is 8. The first kappa shape index (κ1) is 66.4. The van der Waals surface area contributed by atoms with Crippen LogP contribution in [0.5, 0.6) is 0 Å². The van der Waals surface area contributed by atoms with E-state index in [9.17, 15) is 4.79 Å².